The van der Waals surface area contributed by atoms with Crippen LogP contribution in [0.5, 0.6) is 0 Å². The van der Waals surface area contributed by atoms with Gasteiger partial charge in [-0.3, -0.25) is 0 Å². The molecule has 3 N–H and O–H groups in total. The fourth-order valence-electron chi connectivity index (χ4n) is 4.68. The molecule has 36 heavy (non-hydrogen) atoms. The van der Waals surface area contributed by atoms with Gasteiger partial charge in [0.2, 0.25) is 0 Å². The van der Waals surface area contributed by atoms with E-state index in [1.807, 2.05) is 0 Å². The lowest BCUT2D eigenvalue weighted by Gasteiger charge is -2.14. The third-order valence-corrected chi connectivity index (χ3v) is 6.35. The molecule has 0 saturated heterocycles. The highest BCUT2D eigenvalue weighted by molar-refractivity contribution is 5.33. The zero-order chi connectivity index (χ0) is 23.9. The SMILES string of the molecule is C1=CN2/C=c3/ccc([nH]3)=CN3C=CN(/C=c4/cc/c([nH]4)=C/N4C=CN(C=c5ccc([nH]5)=CN1C2)C4)C3. The van der Waals surface area contributed by atoms with Crippen molar-refractivity contribution in [2.24, 2.45) is 0 Å². The third-order valence-electron chi connectivity index (χ3n) is 6.35. The smallest absolute Gasteiger partial charge is 0.0979 e. The van der Waals surface area contributed by atoms with Crippen molar-refractivity contribution in [3.8, 4) is 0 Å². The van der Waals surface area contributed by atoms with Crippen LogP contribution in [0.3, 0.4) is 0 Å². The first kappa shape index (κ1) is 20.5. The minimum absolute atomic E-state index is 0.759. The van der Waals surface area contributed by atoms with Crippen molar-refractivity contribution in [2.75, 3.05) is 20.0 Å². The molecule has 0 radical (unpaired) electrons. The predicted molar refractivity (Wildman–Crippen MR) is 140 cm³/mol. The maximum Gasteiger partial charge on any atom is 0.0979 e. The number of nitrogens with one attached hydrogen (secondary N) is 3. The molecule has 9 heteroatoms. The van der Waals surface area contributed by atoms with Gasteiger partial charge in [-0.2, -0.15) is 0 Å². The Morgan fingerprint density at radius 3 is 0.722 bits per heavy atom. The maximum atomic E-state index is 3.49. The van der Waals surface area contributed by atoms with Crippen molar-refractivity contribution in [2.45, 2.75) is 0 Å². The number of hydrogen-bond acceptors (Lipinski definition) is 6. The van der Waals surface area contributed by atoms with Gasteiger partial charge in [-0.05, 0) is 36.4 Å². The van der Waals surface area contributed by atoms with Gasteiger partial charge in [0.25, 0.3) is 0 Å². The number of H-pyrrole nitrogens is 3. The molecular weight excluding hydrogens is 450 g/mol. The highest BCUT2D eigenvalue weighted by Gasteiger charge is 2.10. The van der Waals surface area contributed by atoms with E-state index < -0.39 is 0 Å². The van der Waals surface area contributed by atoms with Gasteiger partial charge in [0, 0.05) is 74.4 Å². The van der Waals surface area contributed by atoms with Crippen LogP contribution in [0.15, 0.2) is 73.6 Å². The van der Waals surface area contributed by atoms with E-state index in [1.54, 1.807) is 0 Å². The first-order valence-corrected chi connectivity index (χ1v) is 12.0. The van der Waals surface area contributed by atoms with E-state index in [4.69, 9.17) is 0 Å². The molecule has 0 amide bonds. The summed E-state index contributed by atoms with van der Waals surface area (Å²) in [6, 6.07) is 12.6. The molecule has 7 heterocycles. The van der Waals surface area contributed by atoms with E-state index >= 15 is 0 Å². The predicted octanol–water partition coefficient (Wildman–Crippen LogP) is -1.35. The van der Waals surface area contributed by atoms with Gasteiger partial charge in [-0.1, -0.05) is 0 Å². The summed E-state index contributed by atoms with van der Waals surface area (Å²) in [4.78, 5) is 23.5. The van der Waals surface area contributed by atoms with Gasteiger partial charge < -0.3 is 44.4 Å². The Labute approximate surface area is 207 Å². The minimum Gasteiger partial charge on any atom is -0.353 e. The summed E-state index contributed by atoms with van der Waals surface area (Å²) in [6.45, 7) is 2.28. The molecule has 9 nitrogen and oxygen atoms in total. The van der Waals surface area contributed by atoms with Crippen LogP contribution in [-0.2, 0) is 0 Å². The van der Waals surface area contributed by atoms with Gasteiger partial charge in [0.15, 0.2) is 0 Å². The quantitative estimate of drug-likeness (QED) is 0.372. The molecule has 0 spiro atoms. The average Bonchev–Trinajstić information content (AvgIpc) is 3.68. The third kappa shape index (κ3) is 4.29. The first-order valence-electron chi connectivity index (χ1n) is 12.0. The number of nitrogens with zero attached hydrogens (tertiary/aromatic N) is 6. The molecule has 0 saturated carbocycles. The molecule has 4 aliphatic heterocycles. The minimum atomic E-state index is 0.759. The van der Waals surface area contributed by atoms with Crippen LogP contribution in [0.25, 0.3) is 37.2 Å². The van der Waals surface area contributed by atoms with Gasteiger partial charge in [-0.25, -0.2) is 0 Å². The van der Waals surface area contributed by atoms with Crippen molar-refractivity contribution in [1.29, 1.82) is 0 Å². The molecule has 0 fully saturated rings. The number of aromatic nitrogens is 3. The van der Waals surface area contributed by atoms with Gasteiger partial charge in [0.1, 0.15) is 0 Å². The molecule has 12 bridgehead atoms. The first-order chi connectivity index (χ1) is 17.7. The Morgan fingerprint density at radius 1 is 0.333 bits per heavy atom. The van der Waals surface area contributed by atoms with Crippen molar-refractivity contribution >= 4 is 37.2 Å². The fourth-order valence-corrected chi connectivity index (χ4v) is 4.68. The van der Waals surface area contributed by atoms with Crippen molar-refractivity contribution in [3.63, 3.8) is 0 Å². The monoisotopic (exact) mass is 477 g/mol. The lowest BCUT2D eigenvalue weighted by Crippen LogP contribution is -2.25. The number of fused-ring (bicyclic) bond motifs is 12. The fraction of sp³-hybridized carbons (Fsp3) is 0.111. The Balaban J connectivity index is 1.24. The largest absolute Gasteiger partial charge is 0.353 e. The molecular formula is C27H27N9. The molecule has 0 unspecified atom stereocenters. The average molecular weight is 478 g/mol. The summed E-state index contributed by atoms with van der Waals surface area (Å²) in [6.07, 6.45) is 25.3. The number of aromatic amines is 3. The summed E-state index contributed by atoms with van der Waals surface area (Å²) in [5.41, 5.74) is 0. The summed E-state index contributed by atoms with van der Waals surface area (Å²) in [5.74, 6) is 0. The molecule has 180 valence electrons. The van der Waals surface area contributed by atoms with Crippen LogP contribution >= 0.6 is 0 Å². The van der Waals surface area contributed by atoms with E-state index in [0.29, 0.717) is 0 Å². The standard InChI is InChI=1S/C27H27N9/c1-2-23-14-32-9-10-34(20-32)16-25-5-6-27(30-25)18-36-12-11-35(21-36)17-26-4-3-24(29-26)15-33-8-7-31(19-33)13-22(1)28-23/h1-18,28-30H,19-21H2/b22-13-,23-14-,24-15?,25-16?,26-17-,27-18?. The molecule has 0 aliphatic carbocycles. The summed E-state index contributed by atoms with van der Waals surface area (Å²) >= 11 is 0. The van der Waals surface area contributed by atoms with Gasteiger partial charge >= 0.3 is 0 Å². The molecule has 4 aliphatic rings. The van der Waals surface area contributed by atoms with Crippen LogP contribution in [-0.4, -0.2) is 64.4 Å². The van der Waals surface area contributed by atoms with Crippen molar-refractivity contribution in [1.82, 2.24) is 44.4 Å². The molecule has 7 rings (SSSR count). The highest BCUT2D eigenvalue weighted by atomic mass is 15.3. The van der Waals surface area contributed by atoms with Crippen LogP contribution in [0.1, 0.15) is 0 Å². The van der Waals surface area contributed by atoms with Crippen LogP contribution in [0.2, 0.25) is 0 Å². The second-order valence-electron chi connectivity index (χ2n) is 9.29. The van der Waals surface area contributed by atoms with Crippen molar-refractivity contribution < 1.29 is 0 Å². The second-order valence-corrected chi connectivity index (χ2v) is 9.29. The van der Waals surface area contributed by atoms with Crippen molar-refractivity contribution in [3.05, 3.63) is 106 Å². The van der Waals surface area contributed by atoms with E-state index in [9.17, 15) is 0 Å². The van der Waals surface area contributed by atoms with E-state index in [-0.39, 0.29) is 0 Å². The number of hydrogen-bond donors (Lipinski definition) is 3. The van der Waals surface area contributed by atoms with Gasteiger partial charge in [-0.15, -0.1) is 0 Å². The molecule has 0 atom stereocenters. The van der Waals surface area contributed by atoms with Gasteiger partial charge in [0.05, 0.1) is 52.1 Å². The molecule has 0 aromatic carbocycles. The topological polar surface area (TPSA) is 66.8 Å². The zero-order valence-electron chi connectivity index (χ0n) is 19.7. The number of rotatable bonds is 0. The lowest BCUT2D eigenvalue weighted by molar-refractivity contribution is 0.435. The van der Waals surface area contributed by atoms with E-state index in [2.05, 4.69) is 155 Å². The second kappa shape index (κ2) is 8.38. The van der Waals surface area contributed by atoms with Crippen LogP contribution < -0.4 is 32.1 Å². The Hall–Kier alpha value is -4.92. The van der Waals surface area contributed by atoms with Crippen LogP contribution in [0, 0.1) is 0 Å². The maximum absolute atomic E-state index is 3.49. The van der Waals surface area contributed by atoms with Crippen LogP contribution in [0.4, 0.5) is 0 Å². The summed E-state index contributed by atoms with van der Waals surface area (Å²) in [7, 11) is 0. The lowest BCUT2D eigenvalue weighted by atomic mass is 10.5. The Bertz CT molecular complexity index is 1410. The molecule has 3 aromatic heterocycles. The molecule has 3 aromatic rings. The van der Waals surface area contributed by atoms with E-state index in [0.717, 1.165) is 52.1 Å². The Kier molecular flexibility index (Phi) is 4.76. The summed E-state index contributed by atoms with van der Waals surface area (Å²) in [5, 5.41) is 6.38. The Morgan fingerprint density at radius 2 is 0.528 bits per heavy atom. The summed E-state index contributed by atoms with van der Waals surface area (Å²) < 4.78 is 0. The zero-order valence-corrected chi connectivity index (χ0v) is 19.7. The normalized spacial score (nSPS) is 21.2. The highest BCUT2D eigenvalue weighted by Crippen LogP contribution is 2.09. The van der Waals surface area contributed by atoms with E-state index in [1.165, 1.54) is 0 Å².